The van der Waals surface area contributed by atoms with Crippen molar-refractivity contribution in [2.75, 3.05) is 37.5 Å². The van der Waals surface area contributed by atoms with Gasteiger partial charge >= 0.3 is 0 Å². The molecule has 7 nitrogen and oxygen atoms in total. The van der Waals surface area contributed by atoms with E-state index in [4.69, 9.17) is 9.84 Å². The molecule has 0 aliphatic carbocycles. The Kier molecular flexibility index (Phi) is 6.01. The summed E-state index contributed by atoms with van der Waals surface area (Å²) < 4.78 is 6.98. The number of hydrogen-bond acceptors (Lipinski definition) is 5. The Balaban J connectivity index is 1.65. The Bertz CT molecular complexity index is 1370. The van der Waals surface area contributed by atoms with Gasteiger partial charge in [-0.05, 0) is 43.9 Å². The fourth-order valence-corrected chi connectivity index (χ4v) is 4.89. The fourth-order valence-electron chi connectivity index (χ4n) is 4.89. The quantitative estimate of drug-likeness (QED) is 0.442. The molecule has 5 rings (SSSR count). The number of benzene rings is 2. The van der Waals surface area contributed by atoms with Crippen molar-refractivity contribution in [2.45, 2.75) is 32.6 Å². The Labute approximate surface area is 199 Å². The van der Waals surface area contributed by atoms with E-state index in [-0.39, 0.29) is 5.56 Å². The minimum absolute atomic E-state index is 0.0754. The van der Waals surface area contributed by atoms with Gasteiger partial charge in [0.2, 0.25) is 0 Å². The van der Waals surface area contributed by atoms with Crippen molar-refractivity contribution in [3.8, 4) is 17.0 Å². The highest BCUT2D eigenvalue weighted by molar-refractivity contribution is 5.86. The molecule has 2 aromatic carbocycles. The minimum atomic E-state index is -0.0754. The van der Waals surface area contributed by atoms with E-state index in [9.17, 15) is 4.79 Å². The van der Waals surface area contributed by atoms with Crippen molar-refractivity contribution in [3.63, 3.8) is 0 Å². The summed E-state index contributed by atoms with van der Waals surface area (Å²) in [5, 5.41) is 8.02. The number of nitrogens with one attached hydrogen (secondary N) is 2. The molecular formula is C27H31N5O2. The highest BCUT2D eigenvalue weighted by atomic mass is 16.5. The number of rotatable bonds is 6. The summed E-state index contributed by atoms with van der Waals surface area (Å²) in [6.07, 6.45) is 4.05. The van der Waals surface area contributed by atoms with Gasteiger partial charge < -0.3 is 19.9 Å². The highest BCUT2D eigenvalue weighted by Gasteiger charge is 2.25. The first-order valence-corrected chi connectivity index (χ1v) is 11.9. The number of piperidine rings is 1. The first-order chi connectivity index (χ1) is 16.6. The van der Waals surface area contributed by atoms with Crippen LogP contribution in [0.4, 0.5) is 11.4 Å². The molecule has 176 valence electrons. The number of hydrogen-bond donors (Lipinski definition) is 2. The second-order valence-electron chi connectivity index (χ2n) is 8.87. The molecule has 2 aromatic heterocycles. The third kappa shape index (κ3) is 3.91. The average molecular weight is 458 g/mol. The number of anilines is 2. The van der Waals surface area contributed by atoms with Crippen molar-refractivity contribution < 1.29 is 4.74 Å². The molecule has 4 aromatic rings. The van der Waals surface area contributed by atoms with E-state index in [1.165, 1.54) is 6.42 Å². The van der Waals surface area contributed by atoms with Crippen molar-refractivity contribution in [1.29, 1.82) is 0 Å². The summed E-state index contributed by atoms with van der Waals surface area (Å²) in [6.45, 7) is 3.93. The van der Waals surface area contributed by atoms with Crippen LogP contribution >= 0.6 is 0 Å². The zero-order valence-electron chi connectivity index (χ0n) is 20.0. The van der Waals surface area contributed by atoms with Crippen LogP contribution in [0.5, 0.6) is 5.75 Å². The number of aryl methyl sites for hydroxylation is 1. The van der Waals surface area contributed by atoms with Gasteiger partial charge in [0.15, 0.2) is 5.65 Å². The standard InChI is InChI=1S/C27H31N5O2/c1-18-21(16-19-12-13-23(34-3)22(17-19)28-2)27(33)32-26(29-18)25(31-14-8-5-9-15-31)24(30-32)20-10-6-4-7-11-20/h4,6-7,10-13,17,28-29H,5,8-9,14-16H2,1-3H3. The Morgan fingerprint density at radius 3 is 2.56 bits per heavy atom. The molecule has 0 unspecified atom stereocenters. The molecule has 2 N–H and O–H groups in total. The smallest absolute Gasteiger partial charge is 0.278 e. The lowest BCUT2D eigenvalue weighted by atomic mass is 10.0. The molecule has 0 spiro atoms. The van der Waals surface area contributed by atoms with E-state index >= 15 is 0 Å². The minimum Gasteiger partial charge on any atom is -0.495 e. The molecule has 3 heterocycles. The van der Waals surface area contributed by atoms with Gasteiger partial charge in [0.1, 0.15) is 17.1 Å². The molecule has 0 atom stereocenters. The lowest BCUT2D eigenvalue weighted by molar-refractivity contribution is 0.416. The first kappa shape index (κ1) is 22.1. The number of nitrogens with zero attached hydrogens (tertiary/aromatic N) is 3. The maximum absolute atomic E-state index is 13.7. The predicted octanol–water partition coefficient (Wildman–Crippen LogP) is 4.63. The number of methoxy groups -OCH3 is 1. The third-order valence-electron chi connectivity index (χ3n) is 6.70. The zero-order chi connectivity index (χ0) is 23.7. The van der Waals surface area contributed by atoms with Crippen LogP contribution in [0.2, 0.25) is 0 Å². The van der Waals surface area contributed by atoms with E-state index in [1.54, 1.807) is 11.6 Å². The lowest BCUT2D eigenvalue weighted by Gasteiger charge is -2.28. The molecule has 0 radical (unpaired) electrons. The van der Waals surface area contributed by atoms with Crippen molar-refractivity contribution >= 4 is 17.0 Å². The van der Waals surface area contributed by atoms with Gasteiger partial charge in [0, 0.05) is 43.4 Å². The SMILES string of the molecule is CNc1cc(Cc2c(C)[nH]c3c(N4CCCCC4)c(-c4ccccc4)nn3c2=O)ccc1OC. The summed E-state index contributed by atoms with van der Waals surface area (Å²) in [5.74, 6) is 0.776. The van der Waals surface area contributed by atoms with E-state index in [1.807, 2.05) is 50.4 Å². The van der Waals surface area contributed by atoms with Gasteiger partial charge in [-0.2, -0.15) is 9.61 Å². The van der Waals surface area contributed by atoms with Crippen LogP contribution < -0.4 is 20.5 Å². The summed E-state index contributed by atoms with van der Waals surface area (Å²) in [7, 11) is 3.52. The van der Waals surface area contributed by atoms with Crippen LogP contribution in [0, 0.1) is 6.92 Å². The van der Waals surface area contributed by atoms with Gasteiger partial charge in [-0.3, -0.25) is 4.79 Å². The maximum Gasteiger partial charge on any atom is 0.278 e. The molecule has 34 heavy (non-hydrogen) atoms. The molecule has 0 bridgehead atoms. The summed E-state index contributed by atoms with van der Waals surface area (Å²) >= 11 is 0. The molecule has 7 heteroatoms. The molecular weight excluding hydrogens is 426 g/mol. The summed E-state index contributed by atoms with van der Waals surface area (Å²) in [5.41, 5.74) is 7.12. The number of fused-ring (bicyclic) bond motifs is 1. The topological polar surface area (TPSA) is 74.7 Å². The molecule has 0 amide bonds. The van der Waals surface area contributed by atoms with E-state index in [2.05, 4.69) is 27.3 Å². The van der Waals surface area contributed by atoms with Crippen molar-refractivity contribution in [1.82, 2.24) is 14.6 Å². The Morgan fingerprint density at radius 2 is 1.85 bits per heavy atom. The van der Waals surface area contributed by atoms with Crippen molar-refractivity contribution in [3.05, 3.63) is 75.7 Å². The van der Waals surface area contributed by atoms with Crippen LogP contribution in [-0.4, -0.2) is 41.8 Å². The van der Waals surface area contributed by atoms with Gasteiger partial charge in [-0.25, -0.2) is 0 Å². The van der Waals surface area contributed by atoms with Crippen LogP contribution in [-0.2, 0) is 6.42 Å². The normalized spacial score (nSPS) is 13.9. The molecule has 1 saturated heterocycles. The van der Waals surface area contributed by atoms with Gasteiger partial charge in [-0.1, -0.05) is 36.4 Å². The van der Waals surface area contributed by atoms with Crippen LogP contribution in [0.3, 0.4) is 0 Å². The lowest BCUT2D eigenvalue weighted by Crippen LogP contribution is -2.30. The van der Waals surface area contributed by atoms with E-state index < -0.39 is 0 Å². The highest BCUT2D eigenvalue weighted by Crippen LogP contribution is 2.35. The third-order valence-corrected chi connectivity index (χ3v) is 6.70. The van der Waals surface area contributed by atoms with Crippen LogP contribution in [0.1, 0.15) is 36.1 Å². The second kappa shape index (κ2) is 9.25. The second-order valence-corrected chi connectivity index (χ2v) is 8.87. The largest absolute Gasteiger partial charge is 0.495 e. The van der Waals surface area contributed by atoms with Gasteiger partial charge in [-0.15, -0.1) is 0 Å². The maximum atomic E-state index is 13.7. The van der Waals surface area contributed by atoms with Crippen LogP contribution in [0.25, 0.3) is 16.9 Å². The fraction of sp³-hybridized carbons (Fsp3) is 0.333. The molecule has 1 aliphatic heterocycles. The molecule has 1 fully saturated rings. The summed E-state index contributed by atoms with van der Waals surface area (Å²) in [4.78, 5) is 19.7. The van der Waals surface area contributed by atoms with Crippen LogP contribution in [0.15, 0.2) is 53.3 Å². The number of aromatic amines is 1. The molecule has 1 aliphatic rings. The van der Waals surface area contributed by atoms with E-state index in [0.29, 0.717) is 12.0 Å². The number of ether oxygens (including phenoxy) is 1. The monoisotopic (exact) mass is 457 g/mol. The first-order valence-electron chi connectivity index (χ1n) is 11.9. The predicted molar refractivity (Wildman–Crippen MR) is 137 cm³/mol. The Morgan fingerprint density at radius 1 is 1.09 bits per heavy atom. The molecule has 0 saturated carbocycles. The van der Waals surface area contributed by atoms with Gasteiger partial charge in [0.25, 0.3) is 5.56 Å². The summed E-state index contributed by atoms with van der Waals surface area (Å²) in [6, 6.07) is 16.1. The van der Waals surface area contributed by atoms with E-state index in [0.717, 1.165) is 71.2 Å². The van der Waals surface area contributed by atoms with Crippen molar-refractivity contribution in [2.24, 2.45) is 0 Å². The van der Waals surface area contributed by atoms with Gasteiger partial charge in [0.05, 0.1) is 12.8 Å². The number of aromatic nitrogens is 3. The average Bonchev–Trinajstić information content (AvgIpc) is 3.27. The Hall–Kier alpha value is -3.74. The zero-order valence-corrected chi connectivity index (χ0v) is 20.0. The number of H-pyrrole nitrogens is 1.